The lowest BCUT2D eigenvalue weighted by Crippen LogP contribution is -1.91. The van der Waals surface area contributed by atoms with Gasteiger partial charge in [0.05, 0.1) is 42.7 Å². The van der Waals surface area contributed by atoms with E-state index >= 15 is 0 Å². The van der Waals surface area contributed by atoms with Gasteiger partial charge in [-0.25, -0.2) is 19.9 Å². The number of nitrogens with one attached hydrogen (secondary N) is 2. The van der Waals surface area contributed by atoms with Gasteiger partial charge in [0.1, 0.15) is 12.2 Å². The monoisotopic (exact) mass is 1290 g/mol. The molecule has 518 valence electrons. The molecule has 0 aliphatic heterocycles. The zero-order chi connectivity index (χ0) is 73.2. The van der Waals surface area contributed by atoms with E-state index in [0.29, 0.717) is 5.82 Å². The van der Waals surface area contributed by atoms with E-state index in [4.69, 9.17) is 0 Å². The second-order valence-electron chi connectivity index (χ2n) is 15.1. The van der Waals surface area contributed by atoms with Crippen LogP contribution < -0.4 is 0 Å². The first kappa shape index (κ1) is 102. The van der Waals surface area contributed by atoms with Crippen LogP contribution in [0.4, 0.5) is 0 Å². The molecule has 2 N–H and O–H groups in total. The van der Waals surface area contributed by atoms with Crippen LogP contribution in [0, 0.1) is 76.2 Å². The van der Waals surface area contributed by atoms with Gasteiger partial charge in [-0.3, -0.25) is 19.6 Å². The van der Waals surface area contributed by atoms with Crippen LogP contribution in [-0.2, 0) is 14.1 Å². The Hall–Kier alpha value is -9.67. The first-order chi connectivity index (χ1) is 45.1. The van der Waals surface area contributed by atoms with Crippen molar-refractivity contribution in [3.05, 3.63) is 234 Å². The van der Waals surface area contributed by atoms with Gasteiger partial charge in [-0.1, -0.05) is 137 Å². The van der Waals surface area contributed by atoms with Gasteiger partial charge < -0.3 is 0 Å². The quantitative estimate of drug-likeness (QED) is 0.143. The lowest BCUT2D eigenvalue weighted by Gasteiger charge is -1.87. The maximum atomic E-state index is 3.98. The highest BCUT2D eigenvalue weighted by molar-refractivity contribution is 5.06. The summed E-state index contributed by atoms with van der Waals surface area (Å²) in [6, 6.07) is 25.1. The van der Waals surface area contributed by atoms with Gasteiger partial charge in [-0.2, -0.15) is 61.1 Å². The number of rotatable bonds is 0. The maximum absolute atomic E-state index is 3.98. The molecule has 0 amide bonds. The van der Waals surface area contributed by atoms with Crippen LogP contribution in [0.15, 0.2) is 172 Å². The Labute approximate surface area is 563 Å². The fraction of sp³-hybridized carbons (Fsp3) is 0.443. The molecule has 0 aliphatic rings. The lowest BCUT2D eigenvalue weighted by atomic mass is 10.3. The molecule has 0 saturated carbocycles. The molecule has 0 fully saturated rings. The molecule has 11 rings (SSSR count). The van der Waals surface area contributed by atoms with Crippen molar-refractivity contribution in [2.45, 2.75) is 201 Å². The minimum Gasteiger partial charge on any atom is -0.273 e. The molecule has 11 aromatic heterocycles. The maximum Gasteiger partial charge on any atom is 0.171 e. The summed E-state index contributed by atoms with van der Waals surface area (Å²) in [4.78, 5) is 28.5. The Morgan fingerprint density at radius 1 is 0.323 bits per heavy atom. The minimum atomic E-state index is 0.711. The third-order valence-electron chi connectivity index (χ3n) is 8.08. The molecule has 23 heteroatoms. The molecule has 11 aromatic rings. The van der Waals surface area contributed by atoms with Crippen LogP contribution in [0.1, 0.15) is 187 Å². The molecule has 0 saturated heterocycles. The van der Waals surface area contributed by atoms with Gasteiger partial charge in [-0.05, 0) is 165 Å². The van der Waals surface area contributed by atoms with Crippen molar-refractivity contribution in [1.82, 2.24) is 116 Å². The van der Waals surface area contributed by atoms with Crippen molar-refractivity contribution in [3.8, 4) is 0 Å². The zero-order valence-electron chi connectivity index (χ0n) is 63.1. The highest BCUT2D eigenvalue weighted by Crippen LogP contribution is 1.91. The van der Waals surface area contributed by atoms with Crippen LogP contribution in [0.2, 0.25) is 0 Å². The van der Waals surface area contributed by atoms with Crippen molar-refractivity contribution in [1.29, 1.82) is 0 Å². The molecule has 0 aliphatic carbocycles. The SMILES string of the molecule is CC.CC.CC.CC.CC.CC.CC.CC.CC.Cc1ccccn1.Cc1cccnc1.Cc1cccnn1.Cc1ccncc1.Cc1ccncn1.Cc1ccnn1C.Cc1ccnnc1.Cc1cn[nH]n1.Cc1cn[nH]n1.Cc1ncccn1.Cc1nnn(C)n1. The Balaban J connectivity index is -0.000000116. The van der Waals surface area contributed by atoms with Crippen LogP contribution in [0.25, 0.3) is 0 Å². The number of aromatic amines is 2. The van der Waals surface area contributed by atoms with Crippen molar-refractivity contribution >= 4 is 0 Å². The van der Waals surface area contributed by atoms with Gasteiger partial charge in [0.2, 0.25) is 0 Å². The second-order valence-corrected chi connectivity index (χ2v) is 15.1. The molecule has 23 nitrogen and oxygen atoms in total. The predicted octanol–water partition coefficient (Wildman–Crippen LogP) is 17.0. The normalized spacial score (nSPS) is 7.73. The molecular weight excluding hydrogens is 1160 g/mol. The Bertz CT molecular complexity index is 2450. The van der Waals surface area contributed by atoms with Crippen LogP contribution in [-0.4, -0.2) is 116 Å². The molecule has 0 atom stereocenters. The van der Waals surface area contributed by atoms with E-state index in [2.05, 4.69) is 107 Å². The molecule has 0 bridgehead atoms. The minimum absolute atomic E-state index is 0.711. The third-order valence-corrected chi connectivity index (χ3v) is 8.08. The van der Waals surface area contributed by atoms with Gasteiger partial charge in [-0.15, -0.1) is 10.2 Å². The molecule has 93 heavy (non-hydrogen) atoms. The zero-order valence-corrected chi connectivity index (χ0v) is 63.1. The highest BCUT2D eigenvalue weighted by Gasteiger charge is 1.86. The standard InChI is InChI=1S/3C6H7N.C5H8N2.4C5H6N2.C3H6N4.2C3H5N3.9C2H6/c1-6-2-4-7-5-3-6;1-6-3-2-4-7-5-6;1-6-4-2-3-5-7-6;1-5-3-4-6-7(5)2;1-5-2-3-6-4-7-5;1-5-2-3-6-7-4-5;1-5-6-3-2-4-7-5;1-5-3-2-4-6-7-5;1-3-4-6-7(2)5-3;2*1-3-2-4-6-5-3;9*1-2/h3*2-5H,1H3;3-4H,1-2H3;4*2-4H,1H3;1-2H3;2*2H,1H3,(H,4,5,6);9*1-2H3. The largest absolute Gasteiger partial charge is 0.273 e. The Morgan fingerprint density at radius 3 is 1.00 bits per heavy atom. The fourth-order valence-corrected chi connectivity index (χ4v) is 4.13. The summed E-state index contributed by atoms with van der Waals surface area (Å²) in [5, 5.41) is 48.9. The summed E-state index contributed by atoms with van der Waals surface area (Å²) < 4.78 is 1.83. The first-order valence-electron chi connectivity index (χ1n) is 32.0. The number of H-pyrrole nitrogens is 2. The number of pyridine rings is 3. The molecule has 0 radical (unpaired) electrons. The number of nitrogens with zero attached hydrogens (tertiary/aromatic N) is 21. The number of aryl methyl sites for hydroxylation is 13. The average molecular weight is 1290 g/mol. The average Bonchev–Trinajstić information content (AvgIpc) is 4.61. The van der Waals surface area contributed by atoms with Crippen molar-refractivity contribution in [3.63, 3.8) is 0 Å². The van der Waals surface area contributed by atoms with E-state index < -0.39 is 0 Å². The van der Waals surface area contributed by atoms with E-state index in [0.717, 1.165) is 39.9 Å². The van der Waals surface area contributed by atoms with Gasteiger partial charge in [0, 0.05) is 92.3 Å². The molecule has 0 unspecified atom stereocenters. The predicted molar refractivity (Wildman–Crippen MR) is 390 cm³/mol. The molecular formula is C70H123N23. The highest BCUT2D eigenvalue weighted by atomic mass is 15.6. The Morgan fingerprint density at radius 2 is 0.817 bits per heavy atom. The Kier molecular flexibility index (Phi) is 97.6. The van der Waals surface area contributed by atoms with Crippen molar-refractivity contribution < 1.29 is 0 Å². The van der Waals surface area contributed by atoms with E-state index in [1.54, 1.807) is 101 Å². The third kappa shape index (κ3) is 84.4. The van der Waals surface area contributed by atoms with Crippen LogP contribution in [0.3, 0.4) is 0 Å². The van der Waals surface area contributed by atoms with Crippen LogP contribution >= 0.6 is 0 Å². The molecule has 0 spiro atoms. The number of hydrogen-bond donors (Lipinski definition) is 2. The van der Waals surface area contributed by atoms with E-state index in [1.807, 2.05) is 285 Å². The summed E-state index contributed by atoms with van der Waals surface area (Å²) >= 11 is 0. The van der Waals surface area contributed by atoms with E-state index in [9.17, 15) is 0 Å². The molecule has 0 aromatic carbocycles. The van der Waals surface area contributed by atoms with Gasteiger partial charge in [0.15, 0.2) is 5.82 Å². The number of aromatic nitrogens is 23. The lowest BCUT2D eigenvalue weighted by molar-refractivity contribution is 0.629. The van der Waals surface area contributed by atoms with Crippen molar-refractivity contribution in [2.75, 3.05) is 0 Å². The van der Waals surface area contributed by atoms with Crippen molar-refractivity contribution in [2.24, 2.45) is 14.1 Å². The smallest absolute Gasteiger partial charge is 0.171 e. The van der Waals surface area contributed by atoms with E-state index in [-0.39, 0.29) is 0 Å². The first-order valence-corrected chi connectivity index (χ1v) is 32.0. The summed E-state index contributed by atoms with van der Waals surface area (Å²) in [7, 11) is 3.66. The topological polar surface area (TPSA) is 286 Å². The summed E-state index contributed by atoms with van der Waals surface area (Å²) in [5.74, 6) is 1.53. The summed E-state index contributed by atoms with van der Waals surface area (Å²) in [5.41, 5.74) is 9.71. The number of tetrazole rings is 1. The second kappa shape index (κ2) is 88.8. The van der Waals surface area contributed by atoms with Gasteiger partial charge >= 0.3 is 0 Å². The fourth-order valence-electron chi connectivity index (χ4n) is 4.13. The number of hydrogen-bond acceptors (Lipinski definition) is 19. The van der Waals surface area contributed by atoms with E-state index in [1.165, 1.54) is 27.9 Å². The summed E-state index contributed by atoms with van der Waals surface area (Å²) in [6.07, 6.45) is 25.9. The summed E-state index contributed by atoms with van der Waals surface area (Å²) in [6.45, 7) is 57.3. The van der Waals surface area contributed by atoms with Crippen LogP contribution in [0.5, 0.6) is 0 Å². The molecule has 11 heterocycles. The van der Waals surface area contributed by atoms with Gasteiger partial charge in [0.25, 0.3) is 0 Å².